The fraction of sp³-hybridized carbons (Fsp3) is 0.538. The molecule has 0 bridgehead atoms. The lowest BCUT2D eigenvalue weighted by Gasteiger charge is -2.11. The monoisotopic (exact) mass is 239 g/mol. The molecule has 1 saturated carbocycles. The molecular weight excluding hydrogens is 221 g/mol. The van der Waals surface area contributed by atoms with E-state index in [4.69, 9.17) is 9.84 Å². The van der Waals surface area contributed by atoms with E-state index in [9.17, 15) is 4.39 Å². The van der Waals surface area contributed by atoms with Gasteiger partial charge in [-0.25, -0.2) is 4.39 Å². The van der Waals surface area contributed by atoms with E-state index >= 15 is 0 Å². The molecule has 1 aliphatic rings. The summed E-state index contributed by atoms with van der Waals surface area (Å²) >= 11 is 0. The average Bonchev–Trinajstić information content (AvgIpc) is 3.13. The highest BCUT2D eigenvalue weighted by Gasteiger charge is 2.20. The van der Waals surface area contributed by atoms with Crippen LogP contribution in [0.5, 0.6) is 5.75 Å². The lowest BCUT2D eigenvalue weighted by Crippen LogP contribution is -2.16. The molecule has 1 aromatic rings. The molecule has 1 aliphatic carbocycles. The Hall–Kier alpha value is -1.13. The molecule has 3 nitrogen and oxygen atoms in total. The number of rotatable bonds is 7. The first kappa shape index (κ1) is 12.3. The SMILES string of the molecule is OCCCOc1ccc(F)cc1CNC1CC1. The molecule has 2 N–H and O–H groups in total. The number of aliphatic hydroxyl groups excluding tert-OH is 1. The zero-order valence-corrected chi connectivity index (χ0v) is 9.79. The van der Waals surface area contributed by atoms with Crippen molar-refractivity contribution >= 4 is 0 Å². The van der Waals surface area contributed by atoms with Crippen molar-refractivity contribution in [2.24, 2.45) is 0 Å². The molecule has 2 rings (SSSR count). The van der Waals surface area contributed by atoms with Crippen molar-refractivity contribution in [1.29, 1.82) is 0 Å². The topological polar surface area (TPSA) is 41.5 Å². The maximum atomic E-state index is 13.2. The van der Waals surface area contributed by atoms with Gasteiger partial charge in [0.2, 0.25) is 0 Å². The summed E-state index contributed by atoms with van der Waals surface area (Å²) < 4.78 is 18.7. The Morgan fingerprint density at radius 2 is 2.24 bits per heavy atom. The highest BCUT2D eigenvalue weighted by Crippen LogP contribution is 2.23. The van der Waals surface area contributed by atoms with Crippen LogP contribution in [0.3, 0.4) is 0 Å². The Morgan fingerprint density at radius 1 is 1.41 bits per heavy atom. The molecule has 1 fully saturated rings. The lowest BCUT2D eigenvalue weighted by atomic mass is 10.2. The third kappa shape index (κ3) is 3.98. The van der Waals surface area contributed by atoms with Crippen LogP contribution in [-0.2, 0) is 6.54 Å². The van der Waals surface area contributed by atoms with Gasteiger partial charge in [-0.15, -0.1) is 0 Å². The third-order valence-corrected chi connectivity index (χ3v) is 2.74. The highest BCUT2D eigenvalue weighted by molar-refractivity contribution is 5.34. The minimum Gasteiger partial charge on any atom is -0.493 e. The van der Waals surface area contributed by atoms with Gasteiger partial charge in [-0.2, -0.15) is 0 Å². The molecule has 0 aliphatic heterocycles. The van der Waals surface area contributed by atoms with Crippen LogP contribution in [0.1, 0.15) is 24.8 Å². The summed E-state index contributed by atoms with van der Waals surface area (Å²) in [6.45, 7) is 1.20. The second-order valence-corrected chi connectivity index (χ2v) is 4.33. The summed E-state index contributed by atoms with van der Waals surface area (Å²) in [5.41, 5.74) is 0.842. The standard InChI is InChI=1S/C13H18FNO2/c14-11-2-5-13(17-7-1-6-16)10(8-11)9-15-12-3-4-12/h2,5,8,12,15-16H,1,3-4,6-7,9H2. The molecule has 17 heavy (non-hydrogen) atoms. The molecule has 0 atom stereocenters. The van der Waals surface area contributed by atoms with E-state index in [1.54, 1.807) is 6.07 Å². The van der Waals surface area contributed by atoms with Crippen molar-refractivity contribution in [3.05, 3.63) is 29.6 Å². The first-order chi connectivity index (χ1) is 8.29. The van der Waals surface area contributed by atoms with Crippen molar-refractivity contribution in [3.63, 3.8) is 0 Å². The van der Waals surface area contributed by atoms with Crippen LogP contribution in [-0.4, -0.2) is 24.4 Å². The summed E-state index contributed by atoms with van der Waals surface area (Å²) in [4.78, 5) is 0. The van der Waals surface area contributed by atoms with Gasteiger partial charge < -0.3 is 15.2 Å². The number of ether oxygens (including phenoxy) is 1. The maximum Gasteiger partial charge on any atom is 0.123 e. The summed E-state index contributed by atoms with van der Waals surface area (Å²) in [7, 11) is 0. The molecule has 0 aromatic heterocycles. The van der Waals surface area contributed by atoms with Gasteiger partial charge >= 0.3 is 0 Å². The summed E-state index contributed by atoms with van der Waals surface area (Å²) in [5.74, 6) is 0.458. The van der Waals surface area contributed by atoms with E-state index in [1.807, 2.05) is 0 Å². The van der Waals surface area contributed by atoms with Gasteiger partial charge in [-0.05, 0) is 31.0 Å². The number of halogens is 1. The van der Waals surface area contributed by atoms with Crippen LogP contribution in [0, 0.1) is 5.82 Å². The van der Waals surface area contributed by atoms with Crippen LogP contribution >= 0.6 is 0 Å². The van der Waals surface area contributed by atoms with Gasteiger partial charge in [0, 0.05) is 31.2 Å². The van der Waals surface area contributed by atoms with E-state index in [-0.39, 0.29) is 12.4 Å². The second-order valence-electron chi connectivity index (χ2n) is 4.33. The summed E-state index contributed by atoms with van der Waals surface area (Å²) in [6.07, 6.45) is 3.00. The quantitative estimate of drug-likeness (QED) is 0.713. The minimum absolute atomic E-state index is 0.108. The van der Waals surface area contributed by atoms with Gasteiger partial charge in [0.25, 0.3) is 0 Å². The van der Waals surface area contributed by atoms with Gasteiger partial charge in [0.1, 0.15) is 11.6 Å². The van der Waals surface area contributed by atoms with Crippen molar-refractivity contribution < 1.29 is 14.2 Å². The van der Waals surface area contributed by atoms with Crippen LogP contribution in [0.4, 0.5) is 4.39 Å². The fourth-order valence-corrected chi connectivity index (χ4v) is 1.62. The van der Waals surface area contributed by atoms with Crippen LogP contribution in [0.2, 0.25) is 0 Å². The number of nitrogens with one attached hydrogen (secondary N) is 1. The molecule has 0 spiro atoms. The number of hydrogen-bond acceptors (Lipinski definition) is 3. The Labute approximate surface area is 101 Å². The predicted molar refractivity (Wildman–Crippen MR) is 63.5 cm³/mol. The molecule has 0 saturated heterocycles. The van der Waals surface area contributed by atoms with Crippen molar-refractivity contribution in [2.45, 2.75) is 31.8 Å². The smallest absolute Gasteiger partial charge is 0.123 e. The largest absolute Gasteiger partial charge is 0.493 e. The molecule has 0 radical (unpaired) electrons. The summed E-state index contributed by atoms with van der Waals surface area (Å²) in [5, 5.41) is 12.0. The van der Waals surface area contributed by atoms with E-state index in [0.717, 1.165) is 5.56 Å². The van der Waals surface area contributed by atoms with E-state index < -0.39 is 0 Å². The van der Waals surface area contributed by atoms with Gasteiger partial charge in [0.05, 0.1) is 6.61 Å². The predicted octanol–water partition coefficient (Wildman–Crippen LogP) is 1.84. The summed E-state index contributed by atoms with van der Waals surface area (Å²) in [6, 6.07) is 5.14. The molecule has 0 amide bonds. The maximum absolute atomic E-state index is 13.2. The van der Waals surface area contributed by atoms with Gasteiger partial charge in [-0.3, -0.25) is 0 Å². The van der Waals surface area contributed by atoms with Gasteiger partial charge in [0.15, 0.2) is 0 Å². The Morgan fingerprint density at radius 3 is 2.94 bits per heavy atom. The second kappa shape index (κ2) is 5.98. The molecule has 1 aromatic carbocycles. The Kier molecular flexibility index (Phi) is 4.34. The van der Waals surface area contributed by atoms with E-state index in [2.05, 4.69) is 5.32 Å². The van der Waals surface area contributed by atoms with E-state index in [0.29, 0.717) is 31.4 Å². The average molecular weight is 239 g/mol. The molecule has 0 unspecified atom stereocenters. The van der Waals surface area contributed by atoms with Crippen LogP contribution in [0.25, 0.3) is 0 Å². The van der Waals surface area contributed by atoms with Crippen LogP contribution < -0.4 is 10.1 Å². The highest BCUT2D eigenvalue weighted by atomic mass is 19.1. The number of hydrogen-bond donors (Lipinski definition) is 2. The Bertz CT molecular complexity index is 366. The number of benzene rings is 1. The van der Waals surface area contributed by atoms with Crippen molar-refractivity contribution in [1.82, 2.24) is 5.32 Å². The van der Waals surface area contributed by atoms with Crippen molar-refractivity contribution in [2.75, 3.05) is 13.2 Å². The third-order valence-electron chi connectivity index (χ3n) is 2.74. The first-order valence-electron chi connectivity index (χ1n) is 6.05. The molecule has 4 heteroatoms. The molecule has 94 valence electrons. The number of aliphatic hydroxyl groups is 1. The fourth-order valence-electron chi connectivity index (χ4n) is 1.62. The molecular formula is C13H18FNO2. The van der Waals surface area contributed by atoms with E-state index in [1.165, 1.54) is 25.0 Å². The van der Waals surface area contributed by atoms with Crippen LogP contribution in [0.15, 0.2) is 18.2 Å². The van der Waals surface area contributed by atoms with Gasteiger partial charge in [-0.1, -0.05) is 0 Å². The molecule has 0 heterocycles. The lowest BCUT2D eigenvalue weighted by molar-refractivity contribution is 0.232. The zero-order chi connectivity index (χ0) is 12.1. The minimum atomic E-state index is -0.243. The normalized spacial score (nSPS) is 14.9. The first-order valence-corrected chi connectivity index (χ1v) is 6.05. The Balaban J connectivity index is 1.95. The van der Waals surface area contributed by atoms with Crippen molar-refractivity contribution in [3.8, 4) is 5.75 Å². The zero-order valence-electron chi connectivity index (χ0n) is 9.79.